The zero-order valence-corrected chi connectivity index (χ0v) is 9.85. The molecule has 2 nitrogen and oxygen atoms in total. The molecule has 0 N–H and O–H groups in total. The van der Waals surface area contributed by atoms with Crippen LogP contribution < -0.4 is 0 Å². The van der Waals surface area contributed by atoms with Crippen LogP contribution in [0.3, 0.4) is 0 Å². The topological polar surface area (TPSA) is 26.3 Å². The van der Waals surface area contributed by atoms with E-state index in [0.717, 1.165) is 32.1 Å². The maximum Gasteiger partial charge on any atom is 0.311 e. The van der Waals surface area contributed by atoms with Crippen molar-refractivity contribution in [1.29, 1.82) is 0 Å². The third-order valence-electron chi connectivity index (χ3n) is 4.61. The standard InChI is InChI=1S/C12H17ClO2/c1-15-10(14)11-3-8-2-9(4-11)6-12(13,5-8)7-11/h8-9H,2-7H2,1H3/t8-,9+,11?,12?. The molecule has 0 aromatic carbocycles. The molecule has 4 rings (SSSR count). The van der Waals surface area contributed by atoms with Crippen LogP contribution in [0.1, 0.15) is 38.5 Å². The lowest BCUT2D eigenvalue weighted by atomic mass is 9.49. The number of hydrogen-bond acceptors (Lipinski definition) is 2. The molecule has 4 atom stereocenters. The molecule has 2 unspecified atom stereocenters. The molecule has 4 saturated carbocycles. The van der Waals surface area contributed by atoms with Crippen LogP contribution in [0.5, 0.6) is 0 Å². The van der Waals surface area contributed by atoms with Crippen LogP contribution in [0, 0.1) is 17.3 Å². The van der Waals surface area contributed by atoms with Crippen molar-refractivity contribution < 1.29 is 9.53 Å². The van der Waals surface area contributed by atoms with Crippen molar-refractivity contribution in [2.45, 2.75) is 43.4 Å². The summed E-state index contributed by atoms with van der Waals surface area (Å²) in [5.74, 6) is 1.33. The lowest BCUT2D eigenvalue weighted by Gasteiger charge is -2.58. The number of methoxy groups -OCH3 is 1. The molecule has 0 heterocycles. The fourth-order valence-electron chi connectivity index (χ4n) is 4.61. The van der Waals surface area contributed by atoms with Crippen molar-refractivity contribution >= 4 is 17.6 Å². The Bertz CT molecular complexity index is 299. The minimum absolute atomic E-state index is 0.0124. The van der Waals surface area contributed by atoms with E-state index in [9.17, 15) is 4.79 Å². The molecule has 4 aliphatic carbocycles. The van der Waals surface area contributed by atoms with E-state index in [-0.39, 0.29) is 16.3 Å². The molecule has 0 radical (unpaired) electrons. The molecule has 4 aliphatic rings. The molecular formula is C12H17ClO2. The Morgan fingerprint density at radius 3 is 2.33 bits per heavy atom. The number of hydrogen-bond donors (Lipinski definition) is 0. The number of rotatable bonds is 1. The number of alkyl halides is 1. The number of esters is 1. The average Bonchev–Trinajstić information content (AvgIpc) is 2.12. The van der Waals surface area contributed by atoms with Crippen LogP contribution in [0.4, 0.5) is 0 Å². The molecule has 4 bridgehead atoms. The van der Waals surface area contributed by atoms with Crippen molar-refractivity contribution in [2.75, 3.05) is 7.11 Å². The molecule has 3 heteroatoms. The monoisotopic (exact) mass is 228 g/mol. The highest BCUT2D eigenvalue weighted by Gasteiger charge is 2.60. The predicted octanol–water partition coefficient (Wildman–Crippen LogP) is 2.74. The molecule has 0 aromatic rings. The van der Waals surface area contributed by atoms with E-state index in [2.05, 4.69) is 0 Å². The minimum atomic E-state index is -0.222. The van der Waals surface area contributed by atoms with Crippen LogP contribution in [-0.2, 0) is 9.53 Å². The van der Waals surface area contributed by atoms with Crippen molar-refractivity contribution in [1.82, 2.24) is 0 Å². The van der Waals surface area contributed by atoms with Gasteiger partial charge in [-0.25, -0.2) is 0 Å². The largest absolute Gasteiger partial charge is 0.469 e. The molecule has 0 amide bonds. The Labute approximate surface area is 95.3 Å². The van der Waals surface area contributed by atoms with Crippen LogP contribution >= 0.6 is 11.6 Å². The maximum atomic E-state index is 11.9. The molecule has 0 spiro atoms. The van der Waals surface area contributed by atoms with Crippen molar-refractivity contribution in [2.24, 2.45) is 17.3 Å². The van der Waals surface area contributed by atoms with Crippen molar-refractivity contribution in [3.63, 3.8) is 0 Å². The second-order valence-corrected chi connectivity index (χ2v) is 6.69. The number of halogens is 1. The first-order valence-electron chi connectivity index (χ1n) is 5.83. The molecule has 4 fully saturated rings. The van der Waals surface area contributed by atoms with E-state index >= 15 is 0 Å². The molecule has 0 aliphatic heterocycles. The Kier molecular flexibility index (Phi) is 1.93. The lowest BCUT2D eigenvalue weighted by Crippen LogP contribution is -2.56. The Morgan fingerprint density at radius 2 is 1.87 bits per heavy atom. The van der Waals surface area contributed by atoms with Crippen LogP contribution in [0.25, 0.3) is 0 Å². The third kappa shape index (κ3) is 1.33. The highest BCUT2D eigenvalue weighted by molar-refractivity contribution is 6.24. The minimum Gasteiger partial charge on any atom is -0.469 e. The van der Waals surface area contributed by atoms with E-state index in [1.807, 2.05) is 0 Å². The maximum absolute atomic E-state index is 11.9. The summed E-state index contributed by atoms with van der Waals surface area (Å²) in [6, 6.07) is 0. The lowest BCUT2D eigenvalue weighted by molar-refractivity contribution is -0.166. The summed E-state index contributed by atoms with van der Waals surface area (Å²) in [5, 5.41) is 0. The summed E-state index contributed by atoms with van der Waals surface area (Å²) >= 11 is 6.61. The molecule has 0 saturated heterocycles. The fourth-order valence-corrected chi connectivity index (χ4v) is 5.30. The van der Waals surface area contributed by atoms with Gasteiger partial charge in [-0.15, -0.1) is 11.6 Å². The molecule has 84 valence electrons. The Balaban J connectivity index is 1.96. The van der Waals surface area contributed by atoms with Crippen LogP contribution in [0.15, 0.2) is 0 Å². The Morgan fingerprint density at radius 1 is 1.27 bits per heavy atom. The zero-order chi connectivity index (χ0) is 10.7. The van der Waals surface area contributed by atoms with Gasteiger partial charge in [0, 0.05) is 4.87 Å². The van der Waals surface area contributed by atoms with E-state index in [0.29, 0.717) is 11.8 Å². The van der Waals surface area contributed by atoms with Crippen LogP contribution in [-0.4, -0.2) is 18.0 Å². The zero-order valence-electron chi connectivity index (χ0n) is 9.09. The average molecular weight is 229 g/mol. The molecule has 15 heavy (non-hydrogen) atoms. The van der Waals surface area contributed by atoms with Gasteiger partial charge >= 0.3 is 5.97 Å². The first-order valence-corrected chi connectivity index (χ1v) is 6.20. The summed E-state index contributed by atoms with van der Waals surface area (Å²) in [5.41, 5.74) is -0.222. The second-order valence-electron chi connectivity index (χ2n) is 5.88. The van der Waals surface area contributed by atoms with E-state index in [4.69, 9.17) is 16.3 Å². The second kappa shape index (κ2) is 2.91. The number of carbonyl (C=O) groups is 1. The summed E-state index contributed by atoms with van der Waals surface area (Å²) in [7, 11) is 1.50. The van der Waals surface area contributed by atoms with Gasteiger partial charge < -0.3 is 4.74 Å². The number of carbonyl (C=O) groups excluding carboxylic acids is 1. The smallest absolute Gasteiger partial charge is 0.311 e. The third-order valence-corrected chi connectivity index (χ3v) is 5.05. The first-order chi connectivity index (χ1) is 7.05. The molecular weight excluding hydrogens is 212 g/mol. The normalized spacial score (nSPS) is 51.9. The summed E-state index contributed by atoms with van der Waals surface area (Å²) in [4.78, 5) is 11.8. The highest BCUT2D eigenvalue weighted by atomic mass is 35.5. The highest BCUT2D eigenvalue weighted by Crippen LogP contribution is 2.64. The first kappa shape index (κ1) is 9.95. The van der Waals surface area contributed by atoms with Crippen LogP contribution in [0.2, 0.25) is 0 Å². The summed E-state index contributed by atoms with van der Waals surface area (Å²) in [6.07, 6.45) is 6.40. The van der Waals surface area contributed by atoms with Gasteiger partial charge in [-0.05, 0) is 50.4 Å². The fraction of sp³-hybridized carbons (Fsp3) is 0.917. The van der Waals surface area contributed by atoms with Crippen molar-refractivity contribution in [3.8, 4) is 0 Å². The number of ether oxygens (including phenoxy) is 1. The van der Waals surface area contributed by atoms with Crippen molar-refractivity contribution in [3.05, 3.63) is 0 Å². The van der Waals surface area contributed by atoms with E-state index < -0.39 is 0 Å². The van der Waals surface area contributed by atoms with E-state index in [1.54, 1.807) is 0 Å². The van der Waals surface area contributed by atoms with Gasteiger partial charge in [0.15, 0.2) is 0 Å². The van der Waals surface area contributed by atoms with Gasteiger partial charge in [0.05, 0.1) is 12.5 Å². The van der Waals surface area contributed by atoms with Gasteiger partial charge in [-0.2, -0.15) is 0 Å². The summed E-state index contributed by atoms with van der Waals surface area (Å²) in [6.45, 7) is 0. The van der Waals surface area contributed by atoms with Gasteiger partial charge in [0.2, 0.25) is 0 Å². The SMILES string of the molecule is COC(=O)C12C[C@@H]3C[C@@H](CC(Cl)(C3)C1)C2. The van der Waals surface area contributed by atoms with Gasteiger partial charge in [-0.1, -0.05) is 0 Å². The summed E-state index contributed by atoms with van der Waals surface area (Å²) < 4.78 is 4.98. The van der Waals surface area contributed by atoms with Gasteiger partial charge in [-0.3, -0.25) is 4.79 Å². The Hall–Kier alpha value is -0.240. The van der Waals surface area contributed by atoms with E-state index in [1.165, 1.54) is 13.5 Å². The van der Waals surface area contributed by atoms with Gasteiger partial charge in [0.25, 0.3) is 0 Å². The van der Waals surface area contributed by atoms with Gasteiger partial charge in [0.1, 0.15) is 0 Å². The predicted molar refractivity (Wildman–Crippen MR) is 57.7 cm³/mol. The quantitative estimate of drug-likeness (QED) is 0.510. The molecule has 0 aromatic heterocycles.